The van der Waals surface area contributed by atoms with Gasteiger partial charge in [0.05, 0.1) is 13.2 Å². The predicted molar refractivity (Wildman–Crippen MR) is 81.6 cm³/mol. The maximum Gasteiger partial charge on any atom is 0.165 e. The van der Waals surface area contributed by atoms with Gasteiger partial charge in [0.15, 0.2) is 11.5 Å². The number of methoxy groups -OCH3 is 1. The molecule has 0 bridgehead atoms. The summed E-state index contributed by atoms with van der Waals surface area (Å²) in [4.78, 5) is 0. The average Bonchev–Trinajstić information content (AvgIpc) is 2.43. The van der Waals surface area contributed by atoms with Crippen molar-refractivity contribution < 1.29 is 14.2 Å². The third-order valence-electron chi connectivity index (χ3n) is 2.80. The Labute approximate surface area is 122 Å². The molecule has 0 saturated carbocycles. The van der Waals surface area contributed by atoms with Crippen LogP contribution < -0.4 is 14.8 Å². The summed E-state index contributed by atoms with van der Waals surface area (Å²) in [5, 5.41) is 3.41. The number of rotatable bonds is 10. The minimum Gasteiger partial charge on any atom is -0.490 e. The highest BCUT2D eigenvalue weighted by Gasteiger charge is 2.11. The van der Waals surface area contributed by atoms with E-state index in [1.807, 2.05) is 19.1 Å². The molecule has 0 unspecified atom stereocenters. The van der Waals surface area contributed by atoms with E-state index >= 15 is 0 Å². The van der Waals surface area contributed by atoms with E-state index in [9.17, 15) is 0 Å². The lowest BCUT2D eigenvalue weighted by molar-refractivity contribution is 0.169. The molecule has 4 heteroatoms. The van der Waals surface area contributed by atoms with Crippen molar-refractivity contribution in [2.24, 2.45) is 0 Å². The molecule has 0 radical (unpaired) electrons. The van der Waals surface area contributed by atoms with Gasteiger partial charge in [-0.25, -0.2) is 0 Å². The number of ether oxygens (including phenoxy) is 3. The van der Waals surface area contributed by atoms with Crippen LogP contribution in [0.15, 0.2) is 18.2 Å². The zero-order valence-corrected chi connectivity index (χ0v) is 13.1. The SMILES string of the molecule is CCOc1cccc(CNC(C)C)c1OCCCOC. The minimum atomic E-state index is 0.437. The topological polar surface area (TPSA) is 39.7 Å². The summed E-state index contributed by atoms with van der Waals surface area (Å²) in [5.74, 6) is 1.66. The van der Waals surface area contributed by atoms with E-state index in [0.29, 0.717) is 25.9 Å². The lowest BCUT2D eigenvalue weighted by Crippen LogP contribution is -2.22. The molecule has 1 rings (SSSR count). The quantitative estimate of drug-likeness (QED) is 0.669. The molecule has 0 spiro atoms. The van der Waals surface area contributed by atoms with Crippen LogP contribution in [0.25, 0.3) is 0 Å². The zero-order valence-electron chi connectivity index (χ0n) is 13.1. The normalized spacial score (nSPS) is 10.8. The van der Waals surface area contributed by atoms with Crippen LogP contribution in [0.3, 0.4) is 0 Å². The van der Waals surface area contributed by atoms with E-state index in [1.165, 1.54) is 0 Å². The molecule has 0 atom stereocenters. The summed E-state index contributed by atoms with van der Waals surface area (Å²) in [5.41, 5.74) is 1.13. The predicted octanol–water partition coefficient (Wildman–Crippen LogP) is 3.00. The third kappa shape index (κ3) is 5.80. The summed E-state index contributed by atoms with van der Waals surface area (Å²) in [7, 11) is 1.70. The van der Waals surface area contributed by atoms with Crippen LogP contribution in [0.4, 0.5) is 0 Å². The Hall–Kier alpha value is -1.26. The molecule has 1 N–H and O–H groups in total. The second kappa shape index (κ2) is 9.61. The van der Waals surface area contributed by atoms with E-state index in [-0.39, 0.29) is 0 Å². The fourth-order valence-corrected chi connectivity index (χ4v) is 1.83. The molecule has 0 saturated heterocycles. The number of hydrogen-bond donors (Lipinski definition) is 1. The first-order chi connectivity index (χ1) is 9.69. The molecular weight excluding hydrogens is 254 g/mol. The van der Waals surface area contributed by atoms with Crippen LogP contribution in [0, 0.1) is 0 Å². The van der Waals surface area contributed by atoms with Gasteiger partial charge in [-0.05, 0) is 13.0 Å². The van der Waals surface area contributed by atoms with Crippen molar-refractivity contribution in [2.45, 2.75) is 39.8 Å². The van der Waals surface area contributed by atoms with Crippen molar-refractivity contribution in [3.63, 3.8) is 0 Å². The third-order valence-corrected chi connectivity index (χ3v) is 2.80. The first-order valence-electron chi connectivity index (χ1n) is 7.28. The number of nitrogens with one attached hydrogen (secondary N) is 1. The van der Waals surface area contributed by atoms with Crippen molar-refractivity contribution in [3.05, 3.63) is 23.8 Å². The van der Waals surface area contributed by atoms with E-state index < -0.39 is 0 Å². The molecule has 0 aliphatic heterocycles. The van der Waals surface area contributed by atoms with E-state index in [2.05, 4.69) is 25.2 Å². The molecule has 0 aromatic heterocycles. The van der Waals surface area contributed by atoms with Gasteiger partial charge in [-0.3, -0.25) is 0 Å². The average molecular weight is 281 g/mol. The van der Waals surface area contributed by atoms with Crippen LogP contribution in [0.5, 0.6) is 11.5 Å². The smallest absolute Gasteiger partial charge is 0.165 e. The molecule has 0 amide bonds. The molecule has 0 heterocycles. The Morgan fingerprint density at radius 2 is 1.95 bits per heavy atom. The van der Waals surface area contributed by atoms with E-state index in [0.717, 1.165) is 30.0 Å². The molecule has 1 aromatic carbocycles. The highest BCUT2D eigenvalue weighted by atomic mass is 16.5. The first kappa shape index (κ1) is 16.8. The van der Waals surface area contributed by atoms with Gasteiger partial charge in [0.1, 0.15) is 0 Å². The summed E-state index contributed by atoms with van der Waals surface area (Å²) < 4.78 is 16.6. The Balaban J connectivity index is 2.76. The van der Waals surface area contributed by atoms with Gasteiger partial charge in [-0.2, -0.15) is 0 Å². The molecule has 0 aliphatic rings. The van der Waals surface area contributed by atoms with Gasteiger partial charge in [0, 0.05) is 38.3 Å². The summed E-state index contributed by atoms with van der Waals surface area (Å²) in [6.45, 7) is 8.99. The van der Waals surface area contributed by atoms with Crippen LogP contribution in [-0.4, -0.2) is 33.0 Å². The fraction of sp³-hybridized carbons (Fsp3) is 0.625. The largest absolute Gasteiger partial charge is 0.490 e. The Morgan fingerprint density at radius 1 is 1.15 bits per heavy atom. The Bertz CT molecular complexity index is 380. The second-order valence-corrected chi connectivity index (χ2v) is 4.91. The van der Waals surface area contributed by atoms with Gasteiger partial charge in [-0.15, -0.1) is 0 Å². The van der Waals surface area contributed by atoms with Crippen LogP contribution in [0.1, 0.15) is 32.8 Å². The number of benzene rings is 1. The van der Waals surface area contributed by atoms with Crippen LogP contribution in [0.2, 0.25) is 0 Å². The van der Waals surface area contributed by atoms with Crippen molar-refractivity contribution in [2.75, 3.05) is 26.9 Å². The standard InChI is InChI=1S/C16H27NO3/c1-5-19-15-9-6-8-14(12-17-13(2)3)16(15)20-11-7-10-18-4/h6,8-9,13,17H,5,7,10-12H2,1-4H3. The van der Waals surface area contributed by atoms with Crippen molar-refractivity contribution in [1.29, 1.82) is 0 Å². The molecule has 114 valence electrons. The van der Waals surface area contributed by atoms with E-state index in [1.54, 1.807) is 7.11 Å². The molecular formula is C16H27NO3. The minimum absolute atomic E-state index is 0.437. The highest BCUT2D eigenvalue weighted by molar-refractivity contribution is 5.46. The number of hydrogen-bond acceptors (Lipinski definition) is 4. The van der Waals surface area contributed by atoms with Crippen molar-refractivity contribution in [1.82, 2.24) is 5.32 Å². The van der Waals surface area contributed by atoms with Crippen molar-refractivity contribution in [3.8, 4) is 11.5 Å². The van der Waals surface area contributed by atoms with E-state index in [4.69, 9.17) is 14.2 Å². The molecule has 20 heavy (non-hydrogen) atoms. The fourth-order valence-electron chi connectivity index (χ4n) is 1.83. The highest BCUT2D eigenvalue weighted by Crippen LogP contribution is 2.31. The number of para-hydroxylation sites is 1. The second-order valence-electron chi connectivity index (χ2n) is 4.91. The molecule has 1 aromatic rings. The molecule has 0 aliphatic carbocycles. The first-order valence-corrected chi connectivity index (χ1v) is 7.28. The van der Waals surface area contributed by atoms with Crippen LogP contribution in [-0.2, 0) is 11.3 Å². The zero-order chi connectivity index (χ0) is 14.8. The van der Waals surface area contributed by atoms with Gasteiger partial charge < -0.3 is 19.5 Å². The van der Waals surface area contributed by atoms with Crippen molar-refractivity contribution >= 4 is 0 Å². The Morgan fingerprint density at radius 3 is 2.60 bits per heavy atom. The molecule has 0 fully saturated rings. The van der Waals surface area contributed by atoms with Crippen LogP contribution >= 0.6 is 0 Å². The lowest BCUT2D eigenvalue weighted by atomic mass is 10.1. The monoisotopic (exact) mass is 281 g/mol. The van der Waals surface area contributed by atoms with Gasteiger partial charge in [-0.1, -0.05) is 26.0 Å². The maximum atomic E-state index is 5.91. The summed E-state index contributed by atoms with van der Waals surface area (Å²) in [6.07, 6.45) is 0.869. The van der Waals surface area contributed by atoms with Gasteiger partial charge >= 0.3 is 0 Å². The maximum absolute atomic E-state index is 5.91. The van der Waals surface area contributed by atoms with Gasteiger partial charge in [0.25, 0.3) is 0 Å². The molecule has 4 nitrogen and oxygen atoms in total. The lowest BCUT2D eigenvalue weighted by Gasteiger charge is -2.17. The Kier molecular flexibility index (Phi) is 8.07. The summed E-state index contributed by atoms with van der Waals surface area (Å²) in [6, 6.07) is 6.47. The van der Waals surface area contributed by atoms with Gasteiger partial charge in [0.2, 0.25) is 0 Å². The summed E-state index contributed by atoms with van der Waals surface area (Å²) >= 11 is 0.